The Bertz CT molecular complexity index is 748. The summed E-state index contributed by atoms with van der Waals surface area (Å²) in [6, 6.07) is 10.9. The van der Waals surface area contributed by atoms with E-state index >= 15 is 0 Å². The van der Waals surface area contributed by atoms with E-state index in [1.807, 2.05) is 0 Å². The van der Waals surface area contributed by atoms with Crippen molar-refractivity contribution in [3.63, 3.8) is 0 Å². The number of hydrogen-bond acceptors (Lipinski definition) is 2. The number of benzene rings is 2. The Kier molecular flexibility index (Phi) is 5.33. The molecule has 2 aromatic rings. The monoisotopic (exact) mass is 407 g/mol. The molecule has 2 rings (SSSR count). The summed E-state index contributed by atoms with van der Waals surface area (Å²) >= 11 is 15.2. The molecule has 3 nitrogen and oxygen atoms in total. The van der Waals surface area contributed by atoms with Gasteiger partial charge >= 0.3 is 0 Å². The maximum absolute atomic E-state index is 12.3. The molecule has 0 fully saturated rings. The minimum atomic E-state index is -3.61. The van der Waals surface area contributed by atoms with Crippen LogP contribution >= 0.6 is 39.1 Å². The van der Waals surface area contributed by atoms with E-state index in [9.17, 15) is 8.42 Å². The Morgan fingerprint density at radius 1 is 1.10 bits per heavy atom. The third-order valence-electron chi connectivity index (χ3n) is 2.88. The normalized spacial score (nSPS) is 13.1. The average Bonchev–Trinajstić information content (AvgIpc) is 2.38. The zero-order valence-corrected chi connectivity index (χ0v) is 14.9. The lowest BCUT2D eigenvalue weighted by molar-refractivity contribution is 0.567. The topological polar surface area (TPSA) is 46.2 Å². The fraction of sp³-hybridized carbons (Fsp3) is 0.143. The predicted octanol–water partition coefficient (Wildman–Crippen LogP) is 4.80. The molecule has 0 aliphatic heterocycles. The van der Waals surface area contributed by atoms with Crippen LogP contribution in [0.5, 0.6) is 0 Å². The first-order chi connectivity index (χ1) is 9.79. The van der Waals surface area contributed by atoms with E-state index in [0.29, 0.717) is 15.6 Å². The van der Waals surface area contributed by atoms with Crippen molar-refractivity contribution in [1.82, 2.24) is 4.72 Å². The van der Waals surface area contributed by atoms with Crippen LogP contribution in [0, 0.1) is 0 Å². The van der Waals surface area contributed by atoms with Crippen LogP contribution in [0.15, 0.2) is 51.8 Å². The molecule has 21 heavy (non-hydrogen) atoms. The summed E-state index contributed by atoms with van der Waals surface area (Å²) in [6.45, 7) is 1.73. The Balaban J connectivity index is 2.25. The molecule has 0 saturated heterocycles. The third-order valence-corrected chi connectivity index (χ3v) is 5.53. The number of hydrogen-bond donors (Lipinski definition) is 1. The highest BCUT2D eigenvalue weighted by molar-refractivity contribution is 9.10. The van der Waals surface area contributed by atoms with Gasteiger partial charge < -0.3 is 0 Å². The van der Waals surface area contributed by atoms with Gasteiger partial charge in [-0.3, -0.25) is 0 Å². The highest BCUT2D eigenvalue weighted by atomic mass is 79.9. The molecule has 0 radical (unpaired) electrons. The van der Waals surface area contributed by atoms with Crippen molar-refractivity contribution in [2.24, 2.45) is 0 Å². The molecule has 0 saturated carbocycles. The molecule has 0 amide bonds. The molecule has 0 aromatic heterocycles. The summed E-state index contributed by atoms with van der Waals surface area (Å²) < 4.78 is 28.0. The zero-order chi connectivity index (χ0) is 15.6. The molecular formula is C14H12BrCl2NO2S. The Labute approximate surface area is 142 Å². The minimum Gasteiger partial charge on any atom is -0.207 e. The van der Waals surface area contributed by atoms with Crippen LogP contribution in [-0.4, -0.2) is 8.42 Å². The highest BCUT2D eigenvalue weighted by Crippen LogP contribution is 2.27. The van der Waals surface area contributed by atoms with Crippen LogP contribution in [0.3, 0.4) is 0 Å². The molecule has 1 N–H and O–H groups in total. The molecule has 0 heterocycles. The highest BCUT2D eigenvalue weighted by Gasteiger charge is 2.19. The van der Waals surface area contributed by atoms with E-state index in [1.165, 1.54) is 12.1 Å². The molecular weight excluding hydrogens is 397 g/mol. The SMILES string of the molecule is C[C@H](NS(=O)(=O)c1ccc(Br)cc1)c1ccc(Cl)cc1Cl. The second-order valence-electron chi connectivity index (χ2n) is 4.46. The maximum atomic E-state index is 12.3. The standard InChI is InChI=1S/C14H12BrCl2NO2S/c1-9(13-7-4-11(16)8-14(13)17)18-21(19,20)12-5-2-10(15)3-6-12/h2-9,18H,1H3/t9-/m0/s1. The maximum Gasteiger partial charge on any atom is 0.241 e. The summed E-state index contributed by atoms with van der Waals surface area (Å²) in [4.78, 5) is 0.197. The summed E-state index contributed by atoms with van der Waals surface area (Å²) in [5, 5.41) is 0.931. The van der Waals surface area contributed by atoms with Gasteiger partial charge in [-0.1, -0.05) is 45.2 Å². The molecule has 0 unspecified atom stereocenters. The first kappa shape index (κ1) is 16.8. The van der Waals surface area contributed by atoms with Gasteiger partial charge in [0.2, 0.25) is 10.0 Å². The van der Waals surface area contributed by atoms with E-state index in [4.69, 9.17) is 23.2 Å². The van der Waals surface area contributed by atoms with Crippen molar-refractivity contribution in [2.75, 3.05) is 0 Å². The van der Waals surface area contributed by atoms with Gasteiger partial charge in [0, 0.05) is 20.6 Å². The van der Waals surface area contributed by atoms with Crippen molar-refractivity contribution in [1.29, 1.82) is 0 Å². The van der Waals surface area contributed by atoms with Gasteiger partial charge in [0.25, 0.3) is 0 Å². The van der Waals surface area contributed by atoms with Crippen LogP contribution in [0.4, 0.5) is 0 Å². The fourth-order valence-corrected chi connectivity index (χ4v) is 3.89. The van der Waals surface area contributed by atoms with Crippen LogP contribution in [0.1, 0.15) is 18.5 Å². The Morgan fingerprint density at radius 3 is 2.29 bits per heavy atom. The van der Waals surface area contributed by atoms with Crippen molar-refractivity contribution in [3.8, 4) is 0 Å². The molecule has 0 aliphatic rings. The van der Waals surface area contributed by atoms with E-state index < -0.39 is 16.1 Å². The van der Waals surface area contributed by atoms with E-state index in [0.717, 1.165) is 4.47 Å². The van der Waals surface area contributed by atoms with Crippen LogP contribution in [0.25, 0.3) is 0 Å². The lowest BCUT2D eigenvalue weighted by atomic mass is 10.1. The van der Waals surface area contributed by atoms with E-state index in [1.54, 1.807) is 37.3 Å². The first-order valence-electron chi connectivity index (χ1n) is 6.02. The van der Waals surface area contributed by atoms with Gasteiger partial charge in [-0.05, 0) is 48.9 Å². The fourth-order valence-electron chi connectivity index (χ4n) is 1.83. The molecule has 0 aliphatic carbocycles. The summed E-state index contributed by atoms with van der Waals surface area (Å²) in [5.74, 6) is 0. The van der Waals surface area contributed by atoms with Gasteiger partial charge in [-0.15, -0.1) is 0 Å². The van der Waals surface area contributed by atoms with Gasteiger partial charge in [0.05, 0.1) is 4.90 Å². The molecule has 7 heteroatoms. The van der Waals surface area contributed by atoms with Gasteiger partial charge in [-0.25, -0.2) is 13.1 Å². The number of halogens is 3. The van der Waals surface area contributed by atoms with Gasteiger partial charge in [0.15, 0.2) is 0 Å². The Hall–Kier alpha value is -0.590. The van der Waals surface area contributed by atoms with Gasteiger partial charge in [-0.2, -0.15) is 0 Å². The first-order valence-corrected chi connectivity index (χ1v) is 9.05. The average molecular weight is 409 g/mol. The van der Waals surface area contributed by atoms with Gasteiger partial charge in [0.1, 0.15) is 0 Å². The summed E-state index contributed by atoms with van der Waals surface area (Å²) in [6.07, 6.45) is 0. The largest absolute Gasteiger partial charge is 0.241 e. The summed E-state index contributed by atoms with van der Waals surface area (Å²) in [5.41, 5.74) is 0.668. The smallest absolute Gasteiger partial charge is 0.207 e. The van der Waals surface area contributed by atoms with E-state index in [-0.39, 0.29) is 4.90 Å². The molecule has 112 valence electrons. The number of sulfonamides is 1. The van der Waals surface area contributed by atoms with Crippen molar-refractivity contribution in [2.45, 2.75) is 17.9 Å². The minimum absolute atomic E-state index is 0.197. The Morgan fingerprint density at radius 2 is 1.71 bits per heavy atom. The van der Waals surface area contributed by atoms with Crippen molar-refractivity contribution >= 4 is 49.2 Å². The molecule has 0 bridgehead atoms. The van der Waals surface area contributed by atoms with E-state index in [2.05, 4.69) is 20.7 Å². The second kappa shape index (κ2) is 6.67. The van der Waals surface area contributed by atoms with Crippen LogP contribution < -0.4 is 4.72 Å². The molecule has 0 spiro atoms. The number of nitrogens with one attached hydrogen (secondary N) is 1. The van der Waals surface area contributed by atoms with Crippen LogP contribution in [0.2, 0.25) is 10.0 Å². The lowest BCUT2D eigenvalue weighted by Gasteiger charge is -2.16. The number of rotatable bonds is 4. The summed E-state index contributed by atoms with van der Waals surface area (Å²) in [7, 11) is -3.61. The van der Waals surface area contributed by atoms with Crippen molar-refractivity contribution in [3.05, 3.63) is 62.5 Å². The second-order valence-corrected chi connectivity index (χ2v) is 7.94. The van der Waals surface area contributed by atoms with Crippen LogP contribution in [-0.2, 0) is 10.0 Å². The lowest BCUT2D eigenvalue weighted by Crippen LogP contribution is -2.27. The quantitative estimate of drug-likeness (QED) is 0.789. The molecule has 2 aromatic carbocycles. The zero-order valence-electron chi connectivity index (χ0n) is 11.0. The predicted molar refractivity (Wildman–Crippen MR) is 89.3 cm³/mol. The molecule has 1 atom stereocenters. The van der Waals surface area contributed by atoms with Crippen molar-refractivity contribution < 1.29 is 8.42 Å². The third kappa shape index (κ3) is 4.20.